The van der Waals surface area contributed by atoms with E-state index in [-0.39, 0.29) is 0 Å². The van der Waals surface area contributed by atoms with Crippen LogP contribution in [0.4, 0.5) is 0 Å². The fraction of sp³-hybridized carbons (Fsp3) is 0.435. The van der Waals surface area contributed by atoms with E-state index in [2.05, 4.69) is 47.3 Å². The molecule has 1 N–H and O–H groups in total. The van der Waals surface area contributed by atoms with Gasteiger partial charge in [0.25, 0.3) is 0 Å². The Labute approximate surface area is 173 Å². The predicted octanol–water partition coefficient (Wildman–Crippen LogP) is 3.24. The molecular weight excluding hydrogens is 364 g/mol. The van der Waals surface area contributed by atoms with Gasteiger partial charge in [-0.15, -0.1) is 0 Å². The number of piperazine rings is 1. The van der Waals surface area contributed by atoms with Gasteiger partial charge < -0.3 is 24.6 Å². The first-order valence-corrected chi connectivity index (χ1v) is 10.3. The van der Waals surface area contributed by atoms with Gasteiger partial charge in [-0.1, -0.05) is 6.92 Å². The number of fused-ring (bicyclic) bond motifs is 1. The van der Waals surface area contributed by atoms with Crippen LogP contribution in [-0.4, -0.2) is 62.1 Å². The van der Waals surface area contributed by atoms with Crippen molar-refractivity contribution in [3.05, 3.63) is 53.4 Å². The molecule has 0 aromatic heterocycles. The molecule has 4 rings (SSSR count). The molecule has 0 radical (unpaired) electrons. The minimum atomic E-state index is 0.510. The maximum atomic E-state index is 5.46. The molecule has 6 heteroatoms. The van der Waals surface area contributed by atoms with E-state index in [4.69, 9.17) is 14.5 Å². The molecule has 3 aliphatic heterocycles. The van der Waals surface area contributed by atoms with Crippen molar-refractivity contribution in [1.82, 2.24) is 15.1 Å². The molecule has 3 aliphatic rings. The Morgan fingerprint density at radius 1 is 1.21 bits per heavy atom. The summed E-state index contributed by atoms with van der Waals surface area (Å²) in [7, 11) is 3.31. The Kier molecular flexibility index (Phi) is 5.62. The number of rotatable bonds is 5. The number of benzene rings is 1. The number of allylic oxidation sites excluding steroid dienone is 1. The average Bonchev–Trinajstić information content (AvgIpc) is 2.77. The zero-order valence-corrected chi connectivity index (χ0v) is 17.7. The second-order valence-corrected chi connectivity index (χ2v) is 7.63. The third-order valence-corrected chi connectivity index (χ3v) is 5.67. The van der Waals surface area contributed by atoms with Crippen molar-refractivity contribution >= 4 is 11.5 Å². The Bertz CT molecular complexity index is 900. The monoisotopic (exact) mass is 394 g/mol. The van der Waals surface area contributed by atoms with Gasteiger partial charge in [-0.05, 0) is 49.3 Å². The van der Waals surface area contributed by atoms with Gasteiger partial charge in [-0.25, -0.2) is 4.99 Å². The molecule has 154 valence electrons. The first-order valence-electron chi connectivity index (χ1n) is 10.3. The van der Waals surface area contributed by atoms with Crippen LogP contribution in [0.1, 0.15) is 25.8 Å². The molecule has 1 aromatic carbocycles. The van der Waals surface area contributed by atoms with Gasteiger partial charge in [0.2, 0.25) is 0 Å². The molecule has 1 fully saturated rings. The van der Waals surface area contributed by atoms with Crippen molar-refractivity contribution in [3.8, 4) is 11.5 Å². The summed E-state index contributed by atoms with van der Waals surface area (Å²) < 4.78 is 10.8. The lowest BCUT2D eigenvalue weighted by atomic mass is 10.0. The van der Waals surface area contributed by atoms with Crippen molar-refractivity contribution in [3.63, 3.8) is 0 Å². The predicted molar refractivity (Wildman–Crippen MR) is 117 cm³/mol. The molecule has 0 saturated carbocycles. The first kappa shape index (κ1) is 19.6. The number of ether oxygens (including phenoxy) is 2. The summed E-state index contributed by atoms with van der Waals surface area (Å²) >= 11 is 0. The minimum absolute atomic E-state index is 0.510. The van der Waals surface area contributed by atoms with Crippen molar-refractivity contribution in [2.24, 2.45) is 4.99 Å². The summed E-state index contributed by atoms with van der Waals surface area (Å²) in [5.41, 5.74) is 4.58. The third kappa shape index (κ3) is 3.90. The number of nitrogens with one attached hydrogen (secondary N) is 1. The molecule has 1 aromatic rings. The van der Waals surface area contributed by atoms with Crippen molar-refractivity contribution in [2.75, 3.05) is 40.4 Å². The van der Waals surface area contributed by atoms with E-state index in [0.717, 1.165) is 61.2 Å². The number of hydrogen-bond donors (Lipinski definition) is 1. The SMILES string of the molecule is CCC1=CC(N2CCN[C@H](C)C2)=CN2CC=C(c3ccc(OC)c(OC)c3)N=C12. The molecule has 0 amide bonds. The van der Waals surface area contributed by atoms with Gasteiger partial charge in [0.05, 0.1) is 25.6 Å². The van der Waals surface area contributed by atoms with E-state index in [9.17, 15) is 0 Å². The van der Waals surface area contributed by atoms with E-state index < -0.39 is 0 Å². The molecule has 1 atom stereocenters. The zero-order chi connectivity index (χ0) is 20.4. The standard InChI is InChI=1S/C23H30N4O2/c1-5-17-12-19(26-11-9-24-16(2)14-26)15-27-10-8-20(25-23(17)27)18-6-7-21(28-3)22(13-18)29-4/h6-8,12-13,15-16,24H,5,9-11,14H2,1-4H3/t16-/m1/s1. The van der Waals surface area contributed by atoms with Gasteiger partial charge in [-0.2, -0.15) is 0 Å². The lowest BCUT2D eigenvalue weighted by molar-refractivity contribution is 0.258. The van der Waals surface area contributed by atoms with E-state index in [0.29, 0.717) is 6.04 Å². The Morgan fingerprint density at radius 3 is 2.76 bits per heavy atom. The second-order valence-electron chi connectivity index (χ2n) is 7.63. The van der Waals surface area contributed by atoms with Crippen LogP contribution in [0.25, 0.3) is 5.70 Å². The molecule has 29 heavy (non-hydrogen) atoms. The van der Waals surface area contributed by atoms with Crippen molar-refractivity contribution in [1.29, 1.82) is 0 Å². The molecule has 0 bridgehead atoms. The quantitative estimate of drug-likeness (QED) is 0.831. The molecule has 0 unspecified atom stereocenters. The normalized spacial score (nSPS) is 21.6. The van der Waals surface area contributed by atoms with Gasteiger partial charge in [0, 0.05) is 44.0 Å². The summed E-state index contributed by atoms with van der Waals surface area (Å²) in [5, 5.41) is 3.52. The number of amidine groups is 1. The van der Waals surface area contributed by atoms with Gasteiger partial charge in [0.15, 0.2) is 11.5 Å². The maximum absolute atomic E-state index is 5.46. The average molecular weight is 395 g/mol. The highest BCUT2D eigenvalue weighted by atomic mass is 16.5. The van der Waals surface area contributed by atoms with Crippen LogP contribution in [0.15, 0.2) is 52.8 Å². The fourth-order valence-corrected chi connectivity index (χ4v) is 4.08. The smallest absolute Gasteiger partial charge is 0.161 e. The highest BCUT2D eigenvalue weighted by Crippen LogP contribution is 2.33. The summed E-state index contributed by atoms with van der Waals surface area (Å²) in [6.45, 7) is 8.35. The van der Waals surface area contributed by atoms with E-state index in [1.807, 2.05) is 18.2 Å². The molecule has 6 nitrogen and oxygen atoms in total. The number of methoxy groups -OCH3 is 2. The van der Waals surface area contributed by atoms with Crippen LogP contribution in [0.3, 0.4) is 0 Å². The first-order chi connectivity index (χ1) is 14.1. The Hall–Kier alpha value is -2.73. The lowest BCUT2D eigenvalue weighted by Crippen LogP contribution is -2.49. The van der Waals surface area contributed by atoms with Crippen LogP contribution in [0.2, 0.25) is 0 Å². The van der Waals surface area contributed by atoms with Gasteiger partial charge in [0.1, 0.15) is 5.84 Å². The topological polar surface area (TPSA) is 49.3 Å². The highest BCUT2D eigenvalue weighted by molar-refractivity contribution is 6.04. The lowest BCUT2D eigenvalue weighted by Gasteiger charge is -2.38. The summed E-state index contributed by atoms with van der Waals surface area (Å²) in [4.78, 5) is 9.76. The van der Waals surface area contributed by atoms with Crippen molar-refractivity contribution < 1.29 is 9.47 Å². The van der Waals surface area contributed by atoms with E-state index in [1.165, 1.54) is 11.3 Å². The van der Waals surface area contributed by atoms with Crippen LogP contribution in [0, 0.1) is 0 Å². The van der Waals surface area contributed by atoms with Crippen molar-refractivity contribution in [2.45, 2.75) is 26.3 Å². The van der Waals surface area contributed by atoms with E-state index in [1.54, 1.807) is 14.2 Å². The molecule has 1 saturated heterocycles. The molecule has 0 aliphatic carbocycles. The third-order valence-electron chi connectivity index (χ3n) is 5.67. The zero-order valence-electron chi connectivity index (χ0n) is 17.7. The molecule has 0 spiro atoms. The maximum Gasteiger partial charge on any atom is 0.161 e. The molecule has 3 heterocycles. The summed E-state index contributed by atoms with van der Waals surface area (Å²) in [5.74, 6) is 2.50. The summed E-state index contributed by atoms with van der Waals surface area (Å²) in [6.07, 6.45) is 7.69. The number of nitrogens with zero attached hydrogens (tertiary/aromatic N) is 3. The van der Waals surface area contributed by atoms with E-state index >= 15 is 0 Å². The largest absolute Gasteiger partial charge is 0.493 e. The van der Waals surface area contributed by atoms with Gasteiger partial charge >= 0.3 is 0 Å². The summed E-state index contributed by atoms with van der Waals surface area (Å²) in [6, 6.07) is 6.47. The fourth-order valence-electron chi connectivity index (χ4n) is 4.08. The number of hydrogen-bond acceptors (Lipinski definition) is 6. The second kappa shape index (κ2) is 8.33. The Balaban J connectivity index is 1.61. The Morgan fingerprint density at radius 2 is 2.03 bits per heavy atom. The van der Waals surface area contributed by atoms with Gasteiger partial charge in [-0.3, -0.25) is 0 Å². The molecular formula is C23H30N4O2. The minimum Gasteiger partial charge on any atom is -0.493 e. The van der Waals surface area contributed by atoms with Crippen LogP contribution < -0.4 is 14.8 Å². The van der Waals surface area contributed by atoms with Crippen LogP contribution in [0.5, 0.6) is 11.5 Å². The number of aliphatic imine (C=N–C) groups is 1. The van der Waals surface area contributed by atoms with Crippen LogP contribution >= 0.6 is 0 Å². The highest BCUT2D eigenvalue weighted by Gasteiger charge is 2.26. The van der Waals surface area contributed by atoms with Crippen LogP contribution in [-0.2, 0) is 0 Å².